The second-order valence-corrected chi connectivity index (χ2v) is 4.58. The van der Waals surface area contributed by atoms with Crippen molar-refractivity contribution in [1.29, 1.82) is 0 Å². The molecule has 102 valence electrons. The van der Waals surface area contributed by atoms with Gasteiger partial charge in [0.05, 0.1) is 13.2 Å². The van der Waals surface area contributed by atoms with E-state index in [1.807, 2.05) is 39.1 Å². The van der Waals surface area contributed by atoms with Gasteiger partial charge < -0.3 is 9.26 Å². The molecule has 1 heterocycles. The van der Waals surface area contributed by atoms with Crippen LogP contribution in [0.1, 0.15) is 30.2 Å². The van der Waals surface area contributed by atoms with Gasteiger partial charge >= 0.3 is 0 Å². The molecule has 2 rings (SSSR count). The topological polar surface area (TPSA) is 51.4 Å². The molecule has 19 heavy (non-hydrogen) atoms. The fourth-order valence-electron chi connectivity index (χ4n) is 1.91. The zero-order valence-corrected chi connectivity index (χ0v) is 11.8. The van der Waals surface area contributed by atoms with E-state index in [4.69, 9.17) is 9.26 Å². The molecule has 0 aliphatic heterocycles. The molecule has 0 unspecified atom stereocenters. The maximum atomic E-state index is 5.36. The molecule has 1 aromatic carbocycles. The Bertz CT molecular complexity index is 539. The third kappa shape index (κ3) is 3.12. The quantitative estimate of drug-likeness (QED) is 0.828. The smallest absolute Gasteiger partial charge is 0.243 e. The molecule has 5 nitrogen and oxygen atoms in total. The molecule has 1 atom stereocenters. The molecule has 0 saturated carbocycles. The molecule has 5 heteroatoms. The van der Waals surface area contributed by atoms with Crippen molar-refractivity contribution in [3.63, 3.8) is 0 Å². The van der Waals surface area contributed by atoms with Gasteiger partial charge in [-0.15, -0.1) is 0 Å². The first-order chi connectivity index (χ1) is 9.11. The monoisotopic (exact) mass is 261 g/mol. The van der Waals surface area contributed by atoms with Crippen molar-refractivity contribution in [2.75, 3.05) is 14.2 Å². The van der Waals surface area contributed by atoms with Gasteiger partial charge in [-0.2, -0.15) is 4.98 Å². The van der Waals surface area contributed by atoms with Crippen LogP contribution in [0.5, 0.6) is 5.75 Å². The van der Waals surface area contributed by atoms with E-state index in [0.29, 0.717) is 11.7 Å². The minimum Gasteiger partial charge on any atom is -0.496 e. The van der Waals surface area contributed by atoms with E-state index in [-0.39, 0.29) is 6.04 Å². The Morgan fingerprint density at radius 3 is 2.74 bits per heavy atom. The van der Waals surface area contributed by atoms with E-state index in [0.717, 1.165) is 17.9 Å². The van der Waals surface area contributed by atoms with Crippen molar-refractivity contribution in [1.82, 2.24) is 15.0 Å². The molecule has 0 aliphatic carbocycles. The number of methoxy groups -OCH3 is 1. The summed E-state index contributed by atoms with van der Waals surface area (Å²) >= 11 is 0. The lowest BCUT2D eigenvalue weighted by Crippen LogP contribution is -2.22. The number of benzene rings is 1. The summed E-state index contributed by atoms with van der Waals surface area (Å²) in [5, 5.41) is 3.82. The summed E-state index contributed by atoms with van der Waals surface area (Å²) in [6, 6.07) is 8.05. The predicted molar refractivity (Wildman–Crippen MR) is 71.9 cm³/mol. The van der Waals surface area contributed by atoms with Crippen molar-refractivity contribution in [2.45, 2.75) is 26.4 Å². The first kappa shape index (κ1) is 13.5. The van der Waals surface area contributed by atoms with Crippen molar-refractivity contribution in [2.24, 2.45) is 0 Å². The summed E-state index contributed by atoms with van der Waals surface area (Å²) in [4.78, 5) is 6.41. The van der Waals surface area contributed by atoms with E-state index in [2.05, 4.69) is 21.1 Å². The predicted octanol–water partition coefficient (Wildman–Crippen LogP) is 2.58. The minimum absolute atomic E-state index is 0.0612. The summed E-state index contributed by atoms with van der Waals surface area (Å²) in [6.07, 6.45) is 0. The molecular weight excluding hydrogens is 242 g/mol. The Hall–Kier alpha value is -1.88. The van der Waals surface area contributed by atoms with Crippen molar-refractivity contribution >= 4 is 0 Å². The number of hydrogen-bond donors (Lipinski definition) is 0. The average molecular weight is 261 g/mol. The van der Waals surface area contributed by atoms with E-state index >= 15 is 0 Å². The molecule has 0 aliphatic rings. The standard InChI is InChI=1S/C14H19N3O2/c1-10(14-15-11(2)16-19-14)17(3)9-12-7-5-6-8-13(12)18-4/h5-8,10H,9H2,1-4H3/t10-/m1/s1. The van der Waals surface area contributed by atoms with Crippen LogP contribution in [0.15, 0.2) is 28.8 Å². The zero-order chi connectivity index (χ0) is 13.8. The highest BCUT2D eigenvalue weighted by molar-refractivity contribution is 5.33. The van der Waals surface area contributed by atoms with Crippen LogP contribution in [0.3, 0.4) is 0 Å². The van der Waals surface area contributed by atoms with Crippen LogP contribution in [0.2, 0.25) is 0 Å². The summed E-state index contributed by atoms with van der Waals surface area (Å²) in [6.45, 7) is 4.62. The number of aryl methyl sites for hydroxylation is 1. The molecule has 2 aromatic rings. The summed E-state index contributed by atoms with van der Waals surface area (Å²) < 4.78 is 10.6. The minimum atomic E-state index is 0.0612. The van der Waals surface area contributed by atoms with Crippen molar-refractivity contribution in [3.05, 3.63) is 41.5 Å². The number of nitrogens with zero attached hydrogens (tertiary/aromatic N) is 3. The fraction of sp³-hybridized carbons (Fsp3) is 0.429. The molecule has 0 bridgehead atoms. The van der Waals surface area contributed by atoms with Gasteiger partial charge in [0, 0.05) is 12.1 Å². The van der Waals surface area contributed by atoms with Crippen molar-refractivity contribution in [3.8, 4) is 5.75 Å². The van der Waals surface area contributed by atoms with Gasteiger partial charge in [0.25, 0.3) is 0 Å². The second-order valence-electron chi connectivity index (χ2n) is 4.58. The first-order valence-electron chi connectivity index (χ1n) is 6.24. The average Bonchev–Trinajstić information content (AvgIpc) is 2.85. The highest BCUT2D eigenvalue weighted by atomic mass is 16.5. The lowest BCUT2D eigenvalue weighted by Gasteiger charge is -2.22. The highest BCUT2D eigenvalue weighted by Gasteiger charge is 2.18. The number of hydrogen-bond acceptors (Lipinski definition) is 5. The van der Waals surface area contributed by atoms with Crippen LogP contribution in [0.4, 0.5) is 0 Å². The van der Waals surface area contributed by atoms with Gasteiger partial charge in [-0.05, 0) is 27.0 Å². The maximum absolute atomic E-state index is 5.36. The molecular formula is C14H19N3O2. The second kappa shape index (κ2) is 5.84. The zero-order valence-electron chi connectivity index (χ0n) is 11.8. The number of para-hydroxylation sites is 1. The van der Waals surface area contributed by atoms with Crippen LogP contribution in [0, 0.1) is 6.92 Å². The van der Waals surface area contributed by atoms with E-state index in [1.165, 1.54) is 0 Å². The molecule has 0 fully saturated rings. The van der Waals surface area contributed by atoms with E-state index < -0.39 is 0 Å². The molecule has 0 radical (unpaired) electrons. The SMILES string of the molecule is COc1ccccc1CN(C)[C@H](C)c1nc(C)no1. The van der Waals surface area contributed by atoms with Gasteiger partial charge in [-0.25, -0.2) is 0 Å². The first-order valence-corrected chi connectivity index (χ1v) is 6.24. The van der Waals surface area contributed by atoms with Crippen LogP contribution in [0.25, 0.3) is 0 Å². The highest BCUT2D eigenvalue weighted by Crippen LogP contribution is 2.23. The lowest BCUT2D eigenvalue weighted by molar-refractivity contribution is 0.200. The lowest BCUT2D eigenvalue weighted by atomic mass is 10.1. The number of ether oxygens (including phenoxy) is 1. The third-order valence-electron chi connectivity index (χ3n) is 3.17. The Balaban J connectivity index is 2.10. The molecule has 1 aromatic heterocycles. The Labute approximate surface area is 113 Å². The van der Waals surface area contributed by atoms with Crippen LogP contribution < -0.4 is 4.74 Å². The fourth-order valence-corrected chi connectivity index (χ4v) is 1.91. The Morgan fingerprint density at radius 1 is 1.37 bits per heavy atom. The third-order valence-corrected chi connectivity index (χ3v) is 3.17. The summed E-state index contributed by atoms with van der Waals surface area (Å²) in [5.41, 5.74) is 1.13. The van der Waals surface area contributed by atoms with E-state index in [9.17, 15) is 0 Å². The van der Waals surface area contributed by atoms with Gasteiger partial charge in [-0.3, -0.25) is 4.90 Å². The normalized spacial score (nSPS) is 12.7. The van der Waals surface area contributed by atoms with Gasteiger partial charge in [-0.1, -0.05) is 23.4 Å². The molecule has 0 amide bonds. The number of aromatic nitrogens is 2. The van der Waals surface area contributed by atoms with Gasteiger partial charge in [0.1, 0.15) is 5.75 Å². The van der Waals surface area contributed by atoms with Crippen LogP contribution >= 0.6 is 0 Å². The summed E-state index contributed by atoms with van der Waals surface area (Å²) in [5.74, 6) is 2.19. The largest absolute Gasteiger partial charge is 0.496 e. The molecule has 0 saturated heterocycles. The summed E-state index contributed by atoms with van der Waals surface area (Å²) in [7, 11) is 3.71. The Kier molecular flexibility index (Phi) is 4.16. The maximum Gasteiger partial charge on any atom is 0.243 e. The van der Waals surface area contributed by atoms with Crippen LogP contribution in [-0.4, -0.2) is 29.2 Å². The van der Waals surface area contributed by atoms with Crippen LogP contribution in [-0.2, 0) is 6.54 Å². The van der Waals surface area contributed by atoms with Gasteiger partial charge in [0.15, 0.2) is 5.82 Å². The van der Waals surface area contributed by atoms with Gasteiger partial charge in [0.2, 0.25) is 5.89 Å². The van der Waals surface area contributed by atoms with E-state index in [1.54, 1.807) is 7.11 Å². The molecule has 0 spiro atoms. The Morgan fingerprint density at radius 2 is 2.11 bits per heavy atom. The van der Waals surface area contributed by atoms with Crippen molar-refractivity contribution < 1.29 is 9.26 Å². The molecule has 0 N–H and O–H groups in total. The number of rotatable bonds is 5.